The van der Waals surface area contributed by atoms with E-state index in [1.54, 1.807) is 0 Å². The molecule has 18 heavy (non-hydrogen) atoms. The number of aliphatic hydroxyl groups excluding tert-OH is 1. The van der Waals surface area contributed by atoms with Gasteiger partial charge in [-0.25, -0.2) is 22.4 Å². The van der Waals surface area contributed by atoms with Crippen molar-refractivity contribution in [3.63, 3.8) is 0 Å². The first kappa shape index (κ1) is 14.7. The summed E-state index contributed by atoms with van der Waals surface area (Å²) in [6.07, 6.45) is -2.48. The van der Waals surface area contributed by atoms with Gasteiger partial charge >= 0.3 is 5.97 Å². The lowest BCUT2D eigenvalue weighted by atomic mass is 10.1. The highest BCUT2D eigenvalue weighted by molar-refractivity contribution is 6.30. The van der Waals surface area contributed by atoms with E-state index in [4.69, 9.17) is 11.6 Å². The lowest BCUT2D eigenvalue weighted by Crippen LogP contribution is -2.19. The molecule has 1 atom stereocenters. The van der Waals surface area contributed by atoms with Gasteiger partial charge in [-0.05, 0) is 6.92 Å². The van der Waals surface area contributed by atoms with Gasteiger partial charge in [0.2, 0.25) is 0 Å². The Balaban J connectivity index is 3.37. The van der Waals surface area contributed by atoms with Crippen LogP contribution in [0, 0.1) is 23.3 Å². The average Bonchev–Trinajstić information content (AvgIpc) is 2.34. The molecule has 100 valence electrons. The standard InChI is InChI=1S/C10H7ClF4O3/c1-2-18-10(17)9(16)3-5(12)7(14)4(11)8(15)6(3)13/h9,16H,2H2,1H3. The third kappa shape index (κ3) is 2.41. The molecule has 0 amide bonds. The fourth-order valence-electron chi connectivity index (χ4n) is 1.20. The summed E-state index contributed by atoms with van der Waals surface area (Å²) >= 11 is 4.98. The summed E-state index contributed by atoms with van der Waals surface area (Å²) in [5, 5.41) is 7.89. The normalized spacial score (nSPS) is 12.4. The Labute approximate surface area is 104 Å². The summed E-state index contributed by atoms with van der Waals surface area (Å²) in [6.45, 7) is 1.19. The molecule has 0 bridgehead atoms. The minimum Gasteiger partial charge on any atom is -0.464 e. The Kier molecular flexibility index (Phi) is 4.53. The number of hydrogen-bond acceptors (Lipinski definition) is 3. The molecule has 8 heteroatoms. The molecule has 1 N–H and O–H groups in total. The van der Waals surface area contributed by atoms with E-state index in [-0.39, 0.29) is 6.61 Å². The summed E-state index contributed by atoms with van der Waals surface area (Å²) in [5.41, 5.74) is -1.48. The van der Waals surface area contributed by atoms with E-state index in [0.29, 0.717) is 0 Å². The van der Waals surface area contributed by atoms with E-state index in [9.17, 15) is 27.5 Å². The van der Waals surface area contributed by atoms with Crippen LogP contribution >= 0.6 is 11.6 Å². The molecule has 0 aliphatic heterocycles. The van der Waals surface area contributed by atoms with Crippen molar-refractivity contribution < 1.29 is 32.2 Å². The van der Waals surface area contributed by atoms with Crippen molar-refractivity contribution in [1.82, 2.24) is 0 Å². The Morgan fingerprint density at radius 2 is 1.67 bits per heavy atom. The fourth-order valence-corrected chi connectivity index (χ4v) is 1.37. The molecule has 1 aromatic rings. The Hall–Kier alpha value is -1.34. The third-order valence-corrected chi connectivity index (χ3v) is 2.36. The minimum atomic E-state index is -2.48. The number of halogens is 5. The van der Waals surface area contributed by atoms with E-state index in [2.05, 4.69) is 4.74 Å². The van der Waals surface area contributed by atoms with Crippen molar-refractivity contribution in [3.8, 4) is 0 Å². The predicted octanol–water partition coefficient (Wildman–Crippen LogP) is 2.49. The molecule has 0 fully saturated rings. The van der Waals surface area contributed by atoms with Gasteiger partial charge in [0.15, 0.2) is 29.4 Å². The number of carbonyl (C=O) groups is 1. The van der Waals surface area contributed by atoms with Crippen LogP contribution in [0.5, 0.6) is 0 Å². The van der Waals surface area contributed by atoms with E-state index in [0.717, 1.165) is 0 Å². The first-order valence-electron chi connectivity index (χ1n) is 4.68. The summed E-state index contributed by atoms with van der Waals surface area (Å²) in [5.74, 6) is -9.11. The van der Waals surface area contributed by atoms with E-state index < -0.39 is 45.9 Å². The second-order valence-electron chi connectivity index (χ2n) is 3.14. The van der Waals surface area contributed by atoms with Crippen LogP contribution in [-0.2, 0) is 9.53 Å². The molecule has 1 unspecified atom stereocenters. The number of carbonyl (C=O) groups excluding carboxylic acids is 1. The Morgan fingerprint density at radius 3 is 2.06 bits per heavy atom. The molecule has 0 aliphatic carbocycles. The minimum absolute atomic E-state index is 0.183. The van der Waals surface area contributed by atoms with Crippen LogP contribution in [0.2, 0.25) is 5.02 Å². The number of ether oxygens (including phenoxy) is 1. The van der Waals surface area contributed by atoms with Gasteiger partial charge in [-0.2, -0.15) is 0 Å². The van der Waals surface area contributed by atoms with Gasteiger partial charge in [-0.15, -0.1) is 0 Å². The van der Waals surface area contributed by atoms with Crippen LogP contribution in [0.4, 0.5) is 17.6 Å². The second-order valence-corrected chi connectivity index (χ2v) is 3.52. The van der Waals surface area contributed by atoms with Crippen LogP contribution in [0.25, 0.3) is 0 Å². The molecule has 0 heterocycles. The third-order valence-electron chi connectivity index (χ3n) is 2.03. The fraction of sp³-hybridized carbons (Fsp3) is 0.300. The number of esters is 1. The largest absolute Gasteiger partial charge is 0.464 e. The van der Waals surface area contributed by atoms with E-state index >= 15 is 0 Å². The molecule has 3 nitrogen and oxygen atoms in total. The maximum absolute atomic E-state index is 13.3. The van der Waals surface area contributed by atoms with Gasteiger partial charge in [0.05, 0.1) is 12.2 Å². The zero-order chi connectivity index (χ0) is 14.0. The highest BCUT2D eigenvalue weighted by Gasteiger charge is 2.32. The summed E-state index contributed by atoms with van der Waals surface area (Å²) in [7, 11) is 0. The summed E-state index contributed by atoms with van der Waals surface area (Å²) < 4.78 is 57.0. The molecule has 0 saturated carbocycles. The Morgan fingerprint density at radius 1 is 1.22 bits per heavy atom. The van der Waals surface area contributed by atoms with Crippen molar-refractivity contribution in [3.05, 3.63) is 33.9 Å². The first-order valence-corrected chi connectivity index (χ1v) is 5.06. The van der Waals surface area contributed by atoms with Gasteiger partial charge in [-0.1, -0.05) is 11.6 Å². The van der Waals surface area contributed by atoms with E-state index in [1.807, 2.05) is 0 Å². The smallest absolute Gasteiger partial charge is 0.339 e. The zero-order valence-electron chi connectivity index (χ0n) is 8.94. The Bertz CT molecular complexity index is 463. The molecule has 1 aromatic carbocycles. The van der Waals surface area contributed by atoms with Crippen molar-refractivity contribution in [2.75, 3.05) is 6.61 Å². The van der Waals surface area contributed by atoms with Gasteiger partial charge in [0.25, 0.3) is 0 Å². The average molecular weight is 287 g/mol. The van der Waals surface area contributed by atoms with Gasteiger partial charge in [0, 0.05) is 0 Å². The van der Waals surface area contributed by atoms with Crippen LogP contribution < -0.4 is 0 Å². The van der Waals surface area contributed by atoms with Crippen molar-refractivity contribution in [2.45, 2.75) is 13.0 Å². The number of aliphatic hydroxyl groups is 1. The van der Waals surface area contributed by atoms with Crippen LogP contribution in [0.15, 0.2) is 0 Å². The predicted molar refractivity (Wildman–Crippen MR) is 52.9 cm³/mol. The second kappa shape index (κ2) is 5.53. The molecule has 0 radical (unpaired) electrons. The molecular formula is C10H7ClF4O3. The molecule has 0 aromatic heterocycles. The quantitative estimate of drug-likeness (QED) is 0.402. The molecule has 0 saturated heterocycles. The highest BCUT2D eigenvalue weighted by Crippen LogP contribution is 2.31. The van der Waals surface area contributed by atoms with E-state index in [1.165, 1.54) is 6.92 Å². The van der Waals surface area contributed by atoms with Crippen molar-refractivity contribution >= 4 is 17.6 Å². The summed E-state index contributed by atoms with van der Waals surface area (Å²) in [6, 6.07) is 0. The number of hydrogen-bond donors (Lipinski definition) is 1. The monoisotopic (exact) mass is 286 g/mol. The summed E-state index contributed by atoms with van der Waals surface area (Å²) in [4.78, 5) is 11.1. The van der Waals surface area contributed by atoms with Crippen LogP contribution in [-0.4, -0.2) is 17.7 Å². The van der Waals surface area contributed by atoms with Crippen molar-refractivity contribution in [2.24, 2.45) is 0 Å². The molecule has 0 aliphatic rings. The SMILES string of the molecule is CCOC(=O)C(O)c1c(F)c(F)c(Cl)c(F)c1F. The topological polar surface area (TPSA) is 46.5 Å². The van der Waals surface area contributed by atoms with Gasteiger partial charge in [0.1, 0.15) is 5.02 Å². The van der Waals surface area contributed by atoms with Gasteiger partial charge in [-0.3, -0.25) is 0 Å². The van der Waals surface area contributed by atoms with Crippen molar-refractivity contribution in [1.29, 1.82) is 0 Å². The van der Waals surface area contributed by atoms with Crippen LogP contribution in [0.3, 0.4) is 0 Å². The molecule has 0 spiro atoms. The maximum Gasteiger partial charge on any atom is 0.339 e. The maximum atomic E-state index is 13.3. The van der Waals surface area contributed by atoms with Gasteiger partial charge < -0.3 is 9.84 Å². The lowest BCUT2D eigenvalue weighted by molar-refractivity contribution is -0.153. The number of benzene rings is 1. The molecule has 1 rings (SSSR count). The van der Waals surface area contributed by atoms with Crippen LogP contribution in [0.1, 0.15) is 18.6 Å². The zero-order valence-corrected chi connectivity index (χ0v) is 9.69. The lowest BCUT2D eigenvalue weighted by Gasteiger charge is -2.13. The first-order chi connectivity index (χ1) is 8.32. The molecular weight excluding hydrogens is 280 g/mol. The number of rotatable bonds is 3. The highest BCUT2D eigenvalue weighted by atomic mass is 35.5.